The summed E-state index contributed by atoms with van der Waals surface area (Å²) in [4.78, 5) is 33.4. The number of rotatable bonds is 12. The highest BCUT2D eigenvalue weighted by Gasteiger charge is 2.27. The van der Waals surface area contributed by atoms with E-state index in [4.69, 9.17) is 15.3 Å². The molecule has 3 heterocycles. The largest absolute Gasteiger partial charge is 0.395 e. The van der Waals surface area contributed by atoms with Crippen LogP contribution in [0.5, 0.6) is 0 Å². The van der Waals surface area contributed by atoms with Crippen LogP contribution in [0.1, 0.15) is 38.5 Å². The fraction of sp³-hybridized carbons (Fsp3) is 0.875. The normalized spacial score (nSPS) is 25.5. The predicted octanol–water partition coefficient (Wildman–Crippen LogP) is -2.72. The van der Waals surface area contributed by atoms with Crippen molar-refractivity contribution in [1.82, 2.24) is 31.9 Å². The molecule has 0 radical (unpaired) electrons. The lowest BCUT2D eigenvalue weighted by atomic mass is 9.99. The van der Waals surface area contributed by atoms with Crippen LogP contribution in [0.3, 0.4) is 0 Å². The molecule has 3 fully saturated rings. The highest BCUT2D eigenvalue weighted by Crippen LogP contribution is 2.17. The second-order valence-corrected chi connectivity index (χ2v) is 9.54. The van der Waals surface area contributed by atoms with Crippen molar-refractivity contribution in [1.29, 1.82) is 0 Å². The lowest BCUT2D eigenvalue weighted by Gasteiger charge is -2.15. The lowest BCUT2D eigenvalue weighted by Crippen LogP contribution is -2.33. The fourth-order valence-electron chi connectivity index (χ4n) is 4.49. The average Bonchev–Trinajstić information content (AvgIpc) is 3.61. The van der Waals surface area contributed by atoms with Crippen LogP contribution < -0.4 is 31.9 Å². The van der Waals surface area contributed by atoms with Gasteiger partial charge < -0.3 is 47.2 Å². The molecule has 210 valence electrons. The van der Waals surface area contributed by atoms with E-state index in [1.165, 1.54) is 0 Å². The predicted molar refractivity (Wildman–Crippen MR) is 137 cm³/mol. The van der Waals surface area contributed by atoms with Crippen molar-refractivity contribution < 1.29 is 29.7 Å². The highest BCUT2D eigenvalue weighted by molar-refractivity contribution is 5.81. The summed E-state index contributed by atoms with van der Waals surface area (Å²) in [6, 6.07) is 0.163. The van der Waals surface area contributed by atoms with Crippen LogP contribution in [0.2, 0.25) is 0 Å². The minimum Gasteiger partial charge on any atom is -0.395 e. The van der Waals surface area contributed by atoms with Gasteiger partial charge >= 0.3 is 0 Å². The maximum absolute atomic E-state index is 11.1. The number of amides is 3. The smallest absolute Gasteiger partial charge is 0.223 e. The maximum atomic E-state index is 11.1. The van der Waals surface area contributed by atoms with Crippen LogP contribution in [-0.4, -0.2) is 112 Å². The zero-order chi connectivity index (χ0) is 26.9. The van der Waals surface area contributed by atoms with Crippen molar-refractivity contribution in [3.05, 3.63) is 0 Å². The minimum atomic E-state index is 0.0545. The molecule has 0 saturated carbocycles. The van der Waals surface area contributed by atoms with Crippen LogP contribution in [0, 0.1) is 17.8 Å². The van der Waals surface area contributed by atoms with Gasteiger partial charge in [-0.1, -0.05) is 0 Å². The first kappa shape index (κ1) is 32.2. The van der Waals surface area contributed by atoms with Crippen molar-refractivity contribution in [2.24, 2.45) is 17.8 Å². The monoisotopic (exact) mass is 516 g/mol. The van der Waals surface area contributed by atoms with E-state index < -0.39 is 0 Å². The molecular formula is C24H48N6O6. The summed E-state index contributed by atoms with van der Waals surface area (Å²) in [7, 11) is 5.40. The summed E-state index contributed by atoms with van der Waals surface area (Å²) >= 11 is 0. The Bertz CT molecular complexity index is 557. The Morgan fingerprint density at radius 1 is 0.611 bits per heavy atom. The van der Waals surface area contributed by atoms with Crippen LogP contribution in [-0.2, 0) is 14.4 Å². The molecule has 12 nitrogen and oxygen atoms in total. The summed E-state index contributed by atoms with van der Waals surface area (Å²) in [6.45, 7) is 2.64. The van der Waals surface area contributed by atoms with E-state index in [0.717, 1.165) is 58.2 Å². The molecule has 12 heteroatoms. The topological polar surface area (TPSA) is 184 Å². The van der Waals surface area contributed by atoms with E-state index in [-0.39, 0.29) is 73.4 Å². The molecule has 0 aromatic carbocycles. The summed E-state index contributed by atoms with van der Waals surface area (Å²) in [5, 5.41) is 43.9. The Balaban J connectivity index is 0.000000270. The molecular weight excluding hydrogens is 468 g/mol. The number of hydrogen-bond acceptors (Lipinski definition) is 9. The van der Waals surface area contributed by atoms with Crippen LogP contribution in [0.4, 0.5) is 0 Å². The van der Waals surface area contributed by atoms with Gasteiger partial charge in [-0.3, -0.25) is 14.4 Å². The Labute approximate surface area is 214 Å². The quantitative estimate of drug-likeness (QED) is 0.133. The summed E-state index contributed by atoms with van der Waals surface area (Å²) in [6.07, 6.45) is 4.90. The molecule has 0 aliphatic carbocycles. The number of aliphatic hydroxyl groups excluding tert-OH is 3. The van der Waals surface area contributed by atoms with Gasteiger partial charge in [0, 0.05) is 55.5 Å². The molecule has 3 amide bonds. The number of aliphatic hydroxyl groups is 3. The Morgan fingerprint density at radius 3 is 1.00 bits per heavy atom. The maximum Gasteiger partial charge on any atom is 0.223 e. The van der Waals surface area contributed by atoms with Crippen LogP contribution in [0.25, 0.3) is 0 Å². The van der Waals surface area contributed by atoms with Gasteiger partial charge in [0.25, 0.3) is 0 Å². The van der Waals surface area contributed by atoms with Gasteiger partial charge in [-0.2, -0.15) is 0 Å². The van der Waals surface area contributed by atoms with Gasteiger partial charge in [0.15, 0.2) is 0 Å². The third kappa shape index (κ3) is 11.5. The summed E-state index contributed by atoms with van der Waals surface area (Å²) in [5.41, 5.74) is 0. The molecule has 0 aromatic heterocycles. The molecule has 9 N–H and O–H groups in total. The van der Waals surface area contributed by atoms with Crippen LogP contribution >= 0.6 is 0 Å². The fourth-order valence-corrected chi connectivity index (χ4v) is 4.49. The van der Waals surface area contributed by atoms with Gasteiger partial charge in [0.1, 0.15) is 0 Å². The SMILES string of the molecule is CN[C@H](CO)CC1CCNC1=O.CN[C@H](CO)C[C@@H]1CCNC1=O.CN[C@H](CO)C[C@H]1CCNC1=O. The summed E-state index contributed by atoms with van der Waals surface area (Å²) in [5.74, 6) is 0.662. The standard InChI is InChI=1S/3C8H16N2O2/c3*1-9-7(5-11)4-6-2-3-10-8(6)12/h3*6-7,9,11H,2-5H2,1H3,(H,10,12)/t6?,7-;6-,7+;6-,7-/m010/s1. The first-order chi connectivity index (χ1) is 17.3. The Hall–Kier alpha value is -1.83. The molecule has 0 spiro atoms. The Kier molecular flexibility index (Phi) is 16.5. The van der Waals surface area contributed by atoms with E-state index in [9.17, 15) is 14.4 Å². The first-order valence-electron chi connectivity index (χ1n) is 13.0. The third-order valence-electron chi connectivity index (χ3n) is 7.08. The molecule has 6 atom stereocenters. The van der Waals surface area contributed by atoms with E-state index in [2.05, 4.69) is 31.9 Å². The molecule has 0 bridgehead atoms. The minimum absolute atomic E-state index is 0.0545. The molecule has 3 saturated heterocycles. The van der Waals surface area contributed by atoms with Gasteiger partial charge in [0.05, 0.1) is 19.8 Å². The van der Waals surface area contributed by atoms with Crippen molar-refractivity contribution in [2.45, 2.75) is 56.7 Å². The zero-order valence-electron chi connectivity index (χ0n) is 22.0. The van der Waals surface area contributed by atoms with E-state index >= 15 is 0 Å². The van der Waals surface area contributed by atoms with Gasteiger partial charge in [-0.15, -0.1) is 0 Å². The molecule has 36 heavy (non-hydrogen) atoms. The number of carbonyl (C=O) groups is 3. The number of likely N-dealkylation sites (N-methyl/N-ethyl adjacent to an activating group) is 3. The molecule has 0 aromatic rings. The van der Waals surface area contributed by atoms with Gasteiger partial charge in [-0.05, 0) is 59.7 Å². The number of carbonyl (C=O) groups excluding carboxylic acids is 3. The second-order valence-electron chi connectivity index (χ2n) is 9.54. The van der Waals surface area contributed by atoms with E-state index in [1.807, 2.05) is 0 Å². The van der Waals surface area contributed by atoms with E-state index in [1.54, 1.807) is 21.1 Å². The number of hydrogen-bond donors (Lipinski definition) is 9. The van der Waals surface area contributed by atoms with Crippen molar-refractivity contribution in [3.63, 3.8) is 0 Å². The van der Waals surface area contributed by atoms with Crippen molar-refractivity contribution in [2.75, 3.05) is 60.6 Å². The average molecular weight is 517 g/mol. The second kappa shape index (κ2) is 18.4. The molecule has 1 unspecified atom stereocenters. The van der Waals surface area contributed by atoms with Gasteiger partial charge in [0.2, 0.25) is 17.7 Å². The van der Waals surface area contributed by atoms with Crippen LogP contribution in [0.15, 0.2) is 0 Å². The first-order valence-corrected chi connectivity index (χ1v) is 13.0. The molecule has 3 aliphatic rings. The molecule has 3 aliphatic heterocycles. The zero-order valence-corrected chi connectivity index (χ0v) is 22.0. The summed E-state index contributed by atoms with van der Waals surface area (Å²) < 4.78 is 0. The molecule has 3 rings (SSSR count). The van der Waals surface area contributed by atoms with Crippen molar-refractivity contribution >= 4 is 17.7 Å². The highest BCUT2D eigenvalue weighted by atomic mass is 16.3. The van der Waals surface area contributed by atoms with E-state index in [0.29, 0.717) is 0 Å². The Morgan fingerprint density at radius 2 is 0.861 bits per heavy atom. The third-order valence-corrected chi connectivity index (χ3v) is 7.08. The van der Waals surface area contributed by atoms with Crippen molar-refractivity contribution in [3.8, 4) is 0 Å². The number of nitrogens with one attached hydrogen (secondary N) is 6. The lowest BCUT2D eigenvalue weighted by molar-refractivity contribution is -0.123. The van der Waals surface area contributed by atoms with Gasteiger partial charge in [-0.25, -0.2) is 0 Å².